The number of imidazole rings is 2. The van der Waals surface area contributed by atoms with Crippen molar-refractivity contribution < 1.29 is 41.6 Å². The number of thiol groups is 1. The van der Waals surface area contributed by atoms with E-state index in [0.29, 0.717) is 16.9 Å². The van der Waals surface area contributed by atoms with Crippen LogP contribution in [-0.2, 0) is 55.9 Å². The molecule has 0 radical (unpaired) electrons. The summed E-state index contributed by atoms with van der Waals surface area (Å²) in [6.07, 6.45) is -4.47. The van der Waals surface area contributed by atoms with Crippen molar-refractivity contribution in [2.45, 2.75) is 48.6 Å². The molecule has 46 heavy (non-hydrogen) atoms. The molecule has 6 N–H and O–H groups in total. The number of aromatic nitrogens is 7. The van der Waals surface area contributed by atoms with E-state index in [1.54, 1.807) is 10.6 Å². The van der Waals surface area contributed by atoms with E-state index in [9.17, 15) is 9.69 Å². The van der Waals surface area contributed by atoms with Gasteiger partial charge in [0, 0.05) is 6.20 Å². The van der Waals surface area contributed by atoms with E-state index in [1.165, 1.54) is 23.4 Å². The van der Waals surface area contributed by atoms with E-state index in [2.05, 4.69) is 37.2 Å². The maximum atomic E-state index is 16.1. The van der Waals surface area contributed by atoms with Crippen LogP contribution in [0.3, 0.4) is 0 Å². The average molecular weight is 736 g/mol. The third-order valence-electron chi connectivity index (χ3n) is 8.10. The minimum atomic E-state index is -4.10. The van der Waals surface area contributed by atoms with E-state index in [1.807, 2.05) is 0 Å². The monoisotopic (exact) mass is 735 g/mol. The number of anilines is 2. The second-order valence-corrected chi connectivity index (χ2v) is 19.0. The highest BCUT2D eigenvalue weighted by atomic mass is 32.9. The Balaban J connectivity index is 1.14. The summed E-state index contributed by atoms with van der Waals surface area (Å²) in [6.45, 7) is -5.02. The normalized spacial score (nSPS) is 39.7. The van der Waals surface area contributed by atoms with E-state index in [0.717, 1.165) is 0 Å². The first-order valence-corrected chi connectivity index (χ1v) is 19.9. The zero-order chi connectivity index (χ0) is 32.2. The molecule has 4 aliphatic heterocycles. The number of ether oxygens (including phenoxy) is 3. The number of halogens is 1. The van der Waals surface area contributed by atoms with Crippen molar-refractivity contribution in [1.29, 1.82) is 0 Å². The number of nitrogen functional groups attached to an aromatic ring is 2. The standard InChI is InChI=1S/C22H24FN9O9P2S3/c23-10-9-3-36-42(34,44)41-15-14-20(31-6-27-11-8(24)1-2-26-16(11)31)39-22(15,4-35-14)5-37-43(45,46)40-13(10)19(38-9)32-7-28-12-17(32)29-21(25)30-18(12)33/h1-2,6-7,9-10,13-15,19-20H,3-5H2,(H2,24,26)(H,34,44)(H,45,46)(H3,25,29,30,33)/t9-,10+,13-,14-,15+,19-,20-,22-,42?/m1/s1. The van der Waals surface area contributed by atoms with Gasteiger partial charge in [-0.2, -0.15) is 4.98 Å². The molecule has 4 saturated heterocycles. The van der Waals surface area contributed by atoms with E-state index in [4.69, 9.17) is 67.4 Å². The molecule has 4 aromatic rings. The molecular formula is C22H24FN9O9P2S3. The van der Waals surface area contributed by atoms with Crippen molar-refractivity contribution in [3.8, 4) is 0 Å². The molecule has 8 heterocycles. The fraction of sp³-hybridized carbons (Fsp3) is 0.500. The number of nitrogens with two attached hydrogens (primary N) is 2. The molecule has 24 heteroatoms. The Morgan fingerprint density at radius 1 is 1.07 bits per heavy atom. The van der Waals surface area contributed by atoms with Gasteiger partial charge in [-0.05, 0) is 29.7 Å². The zero-order valence-corrected chi connectivity index (χ0v) is 27.4. The predicted octanol–water partition coefficient (Wildman–Crippen LogP) is 0.819. The number of H-pyrrole nitrogens is 1. The lowest BCUT2D eigenvalue weighted by molar-refractivity contribution is -0.182. The smallest absolute Gasteiger partial charge is 0.325 e. The Kier molecular flexibility index (Phi) is 7.39. The van der Waals surface area contributed by atoms with Gasteiger partial charge in [0.15, 0.2) is 35.4 Å². The van der Waals surface area contributed by atoms with Crippen LogP contribution in [0.4, 0.5) is 16.0 Å². The number of fused-ring (bicyclic) bond motifs is 4. The lowest BCUT2D eigenvalue weighted by Gasteiger charge is -2.34. The van der Waals surface area contributed by atoms with Gasteiger partial charge < -0.3 is 44.1 Å². The fourth-order valence-corrected chi connectivity index (χ4v) is 9.41. The summed E-state index contributed by atoms with van der Waals surface area (Å²) in [5, 5.41) is 0. The van der Waals surface area contributed by atoms with Crippen LogP contribution in [0.15, 0.2) is 29.7 Å². The number of aromatic amines is 1. The van der Waals surface area contributed by atoms with Gasteiger partial charge in [-0.15, -0.1) is 0 Å². The van der Waals surface area contributed by atoms with Gasteiger partial charge in [-0.25, -0.2) is 19.3 Å². The maximum absolute atomic E-state index is 16.1. The van der Waals surface area contributed by atoms with Gasteiger partial charge >= 0.3 is 6.72 Å². The molecule has 0 saturated carbocycles. The van der Waals surface area contributed by atoms with Crippen molar-refractivity contribution in [3.05, 3.63) is 35.3 Å². The molecule has 0 spiro atoms. The number of nitrogens with one attached hydrogen (secondary N) is 1. The number of nitrogens with zero attached hydrogens (tertiary/aromatic N) is 6. The highest BCUT2D eigenvalue weighted by Gasteiger charge is 2.65. The highest BCUT2D eigenvalue weighted by molar-refractivity contribution is 8.60. The van der Waals surface area contributed by atoms with Crippen molar-refractivity contribution in [2.24, 2.45) is 0 Å². The zero-order valence-electron chi connectivity index (χ0n) is 23.1. The SMILES string of the molecule is Nc1nc2c(ncn2[C@@H]2O[C@@H]3COP(O)(=S)O[C@H]4[C@H]5OC[C@]4(COP(=S)(S)O[C@@H]2[C@H]3F)O[C@H]5n2cnc3c(N)ccnc32)c(=O)[nH]1. The van der Waals surface area contributed by atoms with Crippen LogP contribution in [0.1, 0.15) is 12.5 Å². The topological polar surface area (TPSA) is 231 Å². The second-order valence-electron chi connectivity index (χ2n) is 11.0. The number of rotatable bonds is 2. The molecule has 0 amide bonds. The summed E-state index contributed by atoms with van der Waals surface area (Å²) in [5.74, 6) is -0.196. The second kappa shape index (κ2) is 10.9. The van der Waals surface area contributed by atoms with Crippen LogP contribution < -0.4 is 17.0 Å². The Labute approximate surface area is 272 Å². The summed E-state index contributed by atoms with van der Waals surface area (Å²) in [5.41, 5.74) is 7.44. The number of alkyl halides is 1. The van der Waals surface area contributed by atoms with E-state index in [-0.39, 0.29) is 30.3 Å². The van der Waals surface area contributed by atoms with Gasteiger partial charge in [0.25, 0.3) is 5.56 Å². The summed E-state index contributed by atoms with van der Waals surface area (Å²) < 4.78 is 61.2. The highest BCUT2D eigenvalue weighted by Crippen LogP contribution is 2.61. The molecule has 2 unspecified atom stereocenters. The first kappa shape index (κ1) is 31.1. The Hall–Kier alpha value is -2.17. The first-order valence-electron chi connectivity index (χ1n) is 13.5. The van der Waals surface area contributed by atoms with Crippen molar-refractivity contribution in [3.63, 3.8) is 0 Å². The van der Waals surface area contributed by atoms with Crippen molar-refractivity contribution >= 4 is 82.2 Å². The fourth-order valence-electron chi connectivity index (χ4n) is 6.03. The summed E-state index contributed by atoms with van der Waals surface area (Å²) in [6, 6.07) is 1.62. The van der Waals surface area contributed by atoms with Gasteiger partial charge in [0.2, 0.25) is 11.6 Å². The van der Waals surface area contributed by atoms with Crippen LogP contribution in [0, 0.1) is 0 Å². The molecule has 4 aliphatic rings. The average Bonchev–Trinajstić information content (AvgIpc) is 3.80. The molecule has 4 fully saturated rings. The number of hydrogen-bond donors (Lipinski definition) is 5. The van der Waals surface area contributed by atoms with E-state index >= 15 is 4.39 Å². The molecule has 0 aromatic carbocycles. The quantitative estimate of drug-likeness (QED) is 0.142. The molecular weight excluding hydrogens is 711 g/mol. The van der Waals surface area contributed by atoms with Gasteiger partial charge in [-0.1, -0.05) is 12.2 Å². The molecule has 0 aliphatic carbocycles. The molecule has 10 atom stereocenters. The van der Waals surface area contributed by atoms with Crippen molar-refractivity contribution in [2.75, 3.05) is 31.3 Å². The molecule has 18 nitrogen and oxygen atoms in total. The van der Waals surface area contributed by atoms with Crippen LogP contribution in [0.2, 0.25) is 0 Å². The summed E-state index contributed by atoms with van der Waals surface area (Å²) >= 11 is 15.5. The Morgan fingerprint density at radius 2 is 1.83 bits per heavy atom. The lowest BCUT2D eigenvalue weighted by Crippen LogP contribution is -2.45. The lowest BCUT2D eigenvalue weighted by atomic mass is 10.0. The number of pyridine rings is 1. The van der Waals surface area contributed by atoms with Crippen LogP contribution in [-0.4, -0.2) is 95.0 Å². The van der Waals surface area contributed by atoms with Gasteiger partial charge in [0.05, 0.1) is 38.2 Å². The van der Waals surface area contributed by atoms with Crippen LogP contribution in [0.25, 0.3) is 22.3 Å². The Morgan fingerprint density at radius 3 is 2.63 bits per heavy atom. The third kappa shape index (κ3) is 5.02. The first-order chi connectivity index (χ1) is 21.8. The molecule has 4 bridgehead atoms. The van der Waals surface area contributed by atoms with E-state index < -0.39 is 73.2 Å². The molecule has 246 valence electrons. The summed E-state index contributed by atoms with van der Waals surface area (Å²) in [7, 11) is 0. The summed E-state index contributed by atoms with van der Waals surface area (Å²) in [4.78, 5) is 42.9. The maximum Gasteiger partial charge on any atom is 0.325 e. The number of hydrogen-bond acceptors (Lipinski definition) is 16. The Bertz CT molecular complexity index is 2040. The van der Waals surface area contributed by atoms with Crippen LogP contribution >= 0.6 is 24.7 Å². The van der Waals surface area contributed by atoms with Gasteiger partial charge in [-0.3, -0.25) is 23.4 Å². The van der Waals surface area contributed by atoms with Crippen molar-refractivity contribution in [1.82, 2.24) is 34.1 Å². The largest absolute Gasteiger partial charge is 0.397 e. The minimum Gasteiger partial charge on any atom is -0.397 e. The molecule has 8 rings (SSSR count). The van der Waals surface area contributed by atoms with Gasteiger partial charge in [0.1, 0.15) is 35.5 Å². The molecule has 4 aromatic heterocycles. The van der Waals surface area contributed by atoms with Crippen LogP contribution in [0.5, 0.6) is 0 Å². The minimum absolute atomic E-state index is 0.00303. The predicted molar refractivity (Wildman–Crippen MR) is 167 cm³/mol. The third-order valence-corrected chi connectivity index (χ3v) is 11.8.